The third-order valence-electron chi connectivity index (χ3n) is 4.01. The molecule has 0 N–H and O–H groups in total. The summed E-state index contributed by atoms with van der Waals surface area (Å²) >= 11 is 6.19. The van der Waals surface area contributed by atoms with Gasteiger partial charge in [-0.15, -0.1) is 0 Å². The number of hydrogen-bond donors (Lipinski definition) is 0. The molecule has 17 heavy (non-hydrogen) atoms. The van der Waals surface area contributed by atoms with Gasteiger partial charge in [-0.05, 0) is 24.5 Å². The molecule has 2 nitrogen and oxygen atoms in total. The van der Waals surface area contributed by atoms with Gasteiger partial charge in [0.05, 0.1) is 0 Å². The molecule has 2 bridgehead atoms. The maximum absolute atomic E-state index is 11.5. The molecule has 1 aromatic carbocycles. The van der Waals surface area contributed by atoms with Crippen LogP contribution in [0.3, 0.4) is 0 Å². The van der Waals surface area contributed by atoms with Gasteiger partial charge in [-0.2, -0.15) is 0 Å². The number of piperidine rings is 1. The lowest BCUT2D eigenvalue weighted by atomic mass is 10.0. The largest absolute Gasteiger partial charge is 0.300 e. The third-order valence-corrected chi connectivity index (χ3v) is 4.38. The molecule has 90 valence electrons. The van der Waals surface area contributed by atoms with Crippen molar-refractivity contribution in [1.29, 1.82) is 0 Å². The monoisotopic (exact) mass is 249 g/mol. The quantitative estimate of drug-likeness (QED) is 0.803. The Labute approximate surface area is 107 Å². The molecule has 2 unspecified atom stereocenters. The number of fused-ring (bicyclic) bond motifs is 2. The second kappa shape index (κ2) is 4.43. The highest BCUT2D eigenvalue weighted by Gasteiger charge is 2.39. The Morgan fingerprint density at radius 3 is 2.47 bits per heavy atom. The first-order chi connectivity index (χ1) is 8.24. The Morgan fingerprint density at radius 2 is 1.82 bits per heavy atom. The van der Waals surface area contributed by atoms with Crippen molar-refractivity contribution < 1.29 is 4.79 Å². The average molecular weight is 250 g/mol. The Hall–Kier alpha value is -0.860. The van der Waals surface area contributed by atoms with Crippen molar-refractivity contribution in [2.24, 2.45) is 0 Å². The van der Waals surface area contributed by atoms with Crippen LogP contribution in [0, 0.1) is 0 Å². The van der Waals surface area contributed by atoms with E-state index < -0.39 is 0 Å². The zero-order valence-electron chi connectivity index (χ0n) is 9.73. The van der Waals surface area contributed by atoms with E-state index in [0.717, 1.165) is 24.4 Å². The number of benzene rings is 1. The minimum atomic E-state index is 0.438. The first-order valence-corrected chi connectivity index (χ1v) is 6.62. The summed E-state index contributed by atoms with van der Waals surface area (Å²) in [6.45, 7) is 0.891. The highest BCUT2D eigenvalue weighted by atomic mass is 35.5. The van der Waals surface area contributed by atoms with E-state index in [2.05, 4.69) is 11.0 Å². The highest BCUT2D eigenvalue weighted by molar-refractivity contribution is 6.31. The number of rotatable bonds is 2. The topological polar surface area (TPSA) is 20.3 Å². The van der Waals surface area contributed by atoms with Crippen LogP contribution >= 0.6 is 11.6 Å². The van der Waals surface area contributed by atoms with Crippen LogP contribution in [0.1, 0.15) is 31.2 Å². The van der Waals surface area contributed by atoms with Gasteiger partial charge >= 0.3 is 0 Å². The van der Waals surface area contributed by atoms with Gasteiger partial charge in [0.1, 0.15) is 5.78 Å². The van der Waals surface area contributed by atoms with E-state index in [1.54, 1.807) is 0 Å². The van der Waals surface area contributed by atoms with Gasteiger partial charge in [-0.3, -0.25) is 9.69 Å². The minimum absolute atomic E-state index is 0.438. The normalized spacial score (nSPS) is 28.6. The summed E-state index contributed by atoms with van der Waals surface area (Å²) in [7, 11) is 0. The number of Topliss-reactive ketones (excluding diaryl/α,β-unsaturated/α-hetero) is 1. The SMILES string of the molecule is O=C1CC2CCC(C1)N2Cc1ccccc1Cl. The number of hydrogen-bond acceptors (Lipinski definition) is 2. The molecule has 0 saturated carbocycles. The average Bonchev–Trinajstić information content (AvgIpc) is 2.56. The Morgan fingerprint density at radius 1 is 1.18 bits per heavy atom. The summed E-state index contributed by atoms with van der Waals surface area (Å²) in [4.78, 5) is 14.0. The zero-order valence-corrected chi connectivity index (χ0v) is 10.5. The summed E-state index contributed by atoms with van der Waals surface area (Å²) in [5, 5.41) is 0.837. The minimum Gasteiger partial charge on any atom is -0.300 e. The van der Waals surface area contributed by atoms with Gasteiger partial charge in [-0.25, -0.2) is 0 Å². The highest BCUT2D eigenvalue weighted by Crippen LogP contribution is 2.35. The van der Waals surface area contributed by atoms with Gasteiger partial charge in [0.15, 0.2) is 0 Å². The fourth-order valence-corrected chi connectivity index (χ4v) is 3.34. The maximum atomic E-state index is 11.5. The molecule has 2 saturated heterocycles. The molecule has 2 aliphatic rings. The molecule has 0 radical (unpaired) electrons. The van der Waals surface area contributed by atoms with Gasteiger partial charge in [0.25, 0.3) is 0 Å². The van der Waals surface area contributed by atoms with Gasteiger partial charge in [0, 0.05) is 36.5 Å². The fourth-order valence-electron chi connectivity index (χ4n) is 3.14. The number of ketones is 1. The molecular formula is C14H16ClNO. The molecule has 1 aromatic rings. The molecular weight excluding hydrogens is 234 g/mol. The van der Waals surface area contributed by atoms with Crippen LogP contribution in [0.4, 0.5) is 0 Å². The van der Waals surface area contributed by atoms with Crippen molar-refractivity contribution in [1.82, 2.24) is 4.90 Å². The van der Waals surface area contributed by atoms with Crippen LogP contribution in [0.2, 0.25) is 5.02 Å². The van der Waals surface area contributed by atoms with E-state index >= 15 is 0 Å². The van der Waals surface area contributed by atoms with E-state index in [-0.39, 0.29) is 0 Å². The van der Waals surface area contributed by atoms with Gasteiger partial charge < -0.3 is 0 Å². The molecule has 0 aromatic heterocycles. The Kier molecular flexibility index (Phi) is 2.93. The fraction of sp³-hybridized carbons (Fsp3) is 0.500. The van der Waals surface area contributed by atoms with E-state index in [1.807, 2.05) is 18.2 Å². The van der Waals surface area contributed by atoms with Crippen LogP contribution < -0.4 is 0 Å². The molecule has 3 rings (SSSR count). The van der Waals surface area contributed by atoms with Crippen LogP contribution in [-0.4, -0.2) is 22.8 Å². The standard InChI is InChI=1S/C14H16ClNO/c15-14-4-2-1-3-10(14)9-16-11-5-6-12(16)8-13(17)7-11/h1-4,11-12H,5-9H2. The lowest BCUT2D eigenvalue weighted by Crippen LogP contribution is -2.42. The summed E-state index contributed by atoms with van der Waals surface area (Å²) in [6, 6.07) is 8.92. The van der Waals surface area contributed by atoms with Crippen molar-refractivity contribution in [3.63, 3.8) is 0 Å². The maximum Gasteiger partial charge on any atom is 0.136 e. The smallest absolute Gasteiger partial charge is 0.136 e. The number of nitrogens with zero attached hydrogens (tertiary/aromatic N) is 1. The first kappa shape index (κ1) is 11.2. The molecule has 2 aliphatic heterocycles. The molecule has 2 atom stereocenters. The van der Waals surface area contributed by atoms with Crippen molar-refractivity contribution in [2.45, 2.75) is 44.3 Å². The molecule has 0 aliphatic carbocycles. The van der Waals surface area contributed by atoms with E-state index in [0.29, 0.717) is 17.9 Å². The summed E-state index contributed by atoms with van der Waals surface area (Å²) < 4.78 is 0. The van der Waals surface area contributed by atoms with Crippen LogP contribution in [0.5, 0.6) is 0 Å². The van der Waals surface area contributed by atoms with Crippen molar-refractivity contribution in [3.05, 3.63) is 34.9 Å². The predicted octanol–water partition coefficient (Wildman–Crippen LogP) is 3.04. The zero-order chi connectivity index (χ0) is 11.8. The molecule has 0 spiro atoms. The van der Waals surface area contributed by atoms with Crippen molar-refractivity contribution in [2.75, 3.05) is 0 Å². The van der Waals surface area contributed by atoms with Crippen LogP contribution in [-0.2, 0) is 11.3 Å². The lowest BCUT2D eigenvalue weighted by Gasteiger charge is -2.34. The van der Waals surface area contributed by atoms with Crippen LogP contribution in [0.15, 0.2) is 24.3 Å². The number of halogens is 1. The third kappa shape index (κ3) is 2.12. The summed E-state index contributed by atoms with van der Waals surface area (Å²) in [6.07, 6.45) is 3.81. The predicted molar refractivity (Wildman–Crippen MR) is 68.0 cm³/mol. The number of carbonyl (C=O) groups excluding carboxylic acids is 1. The van der Waals surface area contributed by atoms with Gasteiger partial charge in [0.2, 0.25) is 0 Å². The molecule has 2 fully saturated rings. The summed E-state index contributed by atoms with van der Waals surface area (Å²) in [5.41, 5.74) is 1.18. The van der Waals surface area contributed by atoms with Crippen molar-refractivity contribution >= 4 is 17.4 Å². The molecule has 0 amide bonds. The van der Waals surface area contributed by atoms with E-state index in [1.165, 1.54) is 18.4 Å². The second-order valence-corrected chi connectivity index (χ2v) is 5.50. The Bertz CT molecular complexity index is 430. The van der Waals surface area contributed by atoms with Gasteiger partial charge in [-0.1, -0.05) is 29.8 Å². The van der Waals surface area contributed by atoms with Crippen molar-refractivity contribution in [3.8, 4) is 0 Å². The van der Waals surface area contributed by atoms with E-state index in [9.17, 15) is 4.79 Å². The molecule has 3 heteroatoms. The first-order valence-electron chi connectivity index (χ1n) is 6.25. The number of carbonyl (C=O) groups is 1. The lowest BCUT2D eigenvalue weighted by molar-refractivity contribution is -0.123. The van der Waals surface area contributed by atoms with E-state index in [4.69, 9.17) is 11.6 Å². The Balaban J connectivity index is 1.79. The molecule has 2 heterocycles. The summed E-state index contributed by atoms with van der Waals surface area (Å²) in [5.74, 6) is 0.438. The van der Waals surface area contributed by atoms with Crippen LogP contribution in [0.25, 0.3) is 0 Å². The second-order valence-electron chi connectivity index (χ2n) is 5.10.